The highest BCUT2D eigenvalue weighted by atomic mass is 16.6. The van der Waals surface area contributed by atoms with Crippen molar-refractivity contribution in [3.05, 3.63) is 11.8 Å². The van der Waals surface area contributed by atoms with E-state index in [2.05, 4.69) is 4.74 Å². The van der Waals surface area contributed by atoms with Gasteiger partial charge >= 0.3 is 5.97 Å². The molecule has 1 rings (SSSR count). The third kappa shape index (κ3) is 1.04. The Labute approximate surface area is 52.9 Å². The van der Waals surface area contributed by atoms with Crippen molar-refractivity contribution in [2.75, 3.05) is 0 Å². The molecule has 1 heterocycles. The fourth-order valence-electron chi connectivity index (χ4n) is 0.709. The number of cyclic esters (lactones) is 1. The normalized spacial score (nSPS) is 23.3. The molecule has 1 N–H and O–H groups in total. The predicted molar refractivity (Wildman–Crippen MR) is 30.9 cm³/mol. The van der Waals surface area contributed by atoms with Crippen molar-refractivity contribution >= 4 is 5.97 Å². The lowest BCUT2D eigenvalue weighted by Crippen LogP contribution is -2.17. The lowest BCUT2D eigenvalue weighted by Gasteiger charge is -2.12. The summed E-state index contributed by atoms with van der Waals surface area (Å²) in [5.74, 6) is -0.931. The van der Waals surface area contributed by atoms with Crippen LogP contribution >= 0.6 is 0 Å². The van der Waals surface area contributed by atoms with E-state index in [1.54, 1.807) is 13.8 Å². The highest BCUT2D eigenvalue weighted by molar-refractivity contribution is 5.88. The average molecular weight is 128 g/mol. The standard InChI is InChI=1S/C6H8O3/c1-6(2)3-4(7)5(8)9-6/h3,7H,1-2H3. The van der Waals surface area contributed by atoms with E-state index in [1.165, 1.54) is 6.08 Å². The number of hydrogen-bond donors (Lipinski definition) is 1. The fraction of sp³-hybridized carbons (Fsp3) is 0.500. The van der Waals surface area contributed by atoms with E-state index >= 15 is 0 Å². The molecule has 0 aromatic heterocycles. The number of ether oxygens (including phenoxy) is 1. The van der Waals surface area contributed by atoms with Crippen LogP contribution in [0.5, 0.6) is 0 Å². The lowest BCUT2D eigenvalue weighted by molar-refractivity contribution is -0.146. The van der Waals surface area contributed by atoms with Crippen molar-refractivity contribution < 1.29 is 14.6 Å². The third-order valence-corrected chi connectivity index (χ3v) is 1.05. The van der Waals surface area contributed by atoms with Crippen molar-refractivity contribution in [2.24, 2.45) is 0 Å². The summed E-state index contributed by atoms with van der Waals surface area (Å²) in [6, 6.07) is 0. The molecule has 9 heavy (non-hydrogen) atoms. The van der Waals surface area contributed by atoms with Crippen LogP contribution in [0.1, 0.15) is 13.8 Å². The van der Waals surface area contributed by atoms with E-state index in [0.717, 1.165) is 0 Å². The van der Waals surface area contributed by atoms with Crippen molar-refractivity contribution in [2.45, 2.75) is 19.4 Å². The van der Waals surface area contributed by atoms with Crippen LogP contribution in [0.2, 0.25) is 0 Å². The Hall–Kier alpha value is -0.990. The van der Waals surface area contributed by atoms with Gasteiger partial charge in [0.1, 0.15) is 5.60 Å². The Kier molecular flexibility index (Phi) is 1.02. The number of esters is 1. The second kappa shape index (κ2) is 1.50. The molecule has 0 saturated heterocycles. The van der Waals surface area contributed by atoms with E-state index in [0.29, 0.717) is 0 Å². The molecule has 3 nitrogen and oxygen atoms in total. The molecule has 3 heteroatoms. The summed E-state index contributed by atoms with van der Waals surface area (Å²) < 4.78 is 4.68. The van der Waals surface area contributed by atoms with Crippen LogP contribution in [0.4, 0.5) is 0 Å². The molecule has 1 aliphatic heterocycles. The van der Waals surface area contributed by atoms with Crippen molar-refractivity contribution in [1.29, 1.82) is 0 Å². The average Bonchev–Trinajstić information content (AvgIpc) is 1.79. The van der Waals surface area contributed by atoms with E-state index in [9.17, 15) is 4.79 Å². The molecule has 0 unspecified atom stereocenters. The molecule has 0 fully saturated rings. The minimum atomic E-state index is -0.639. The van der Waals surface area contributed by atoms with Gasteiger partial charge in [-0.25, -0.2) is 4.79 Å². The van der Waals surface area contributed by atoms with Crippen molar-refractivity contribution in [3.63, 3.8) is 0 Å². The first-order chi connectivity index (χ1) is 4.01. The van der Waals surface area contributed by atoms with Gasteiger partial charge in [0.05, 0.1) is 0 Å². The molecule has 0 amide bonds. The Morgan fingerprint density at radius 2 is 2.22 bits per heavy atom. The Balaban J connectivity index is 2.86. The van der Waals surface area contributed by atoms with Crippen LogP contribution in [0.15, 0.2) is 11.8 Å². The van der Waals surface area contributed by atoms with Gasteiger partial charge in [-0.3, -0.25) is 0 Å². The molecule has 0 saturated carbocycles. The van der Waals surface area contributed by atoms with Gasteiger partial charge in [0.25, 0.3) is 0 Å². The van der Waals surface area contributed by atoms with Crippen molar-refractivity contribution in [3.8, 4) is 0 Å². The van der Waals surface area contributed by atoms with E-state index in [1.807, 2.05) is 0 Å². The summed E-state index contributed by atoms with van der Waals surface area (Å²) in [6.45, 7) is 3.40. The predicted octanol–water partition coefficient (Wildman–Crippen LogP) is 0.764. The monoisotopic (exact) mass is 128 g/mol. The van der Waals surface area contributed by atoms with Crippen LogP contribution in [0, 0.1) is 0 Å². The first-order valence-corrected chi connectivity index (χ1v) is 2.66. The molecule has 50 valence electrons. The van der Waals surface area contributed by atoms with E-state index in [-0.39, 0.29) is 5.76 Å². The Morgan fingerprint density at radius 3 is 2.33 bits per heavy atom. The van der Waals surface area contributed by atoms with Gasteiger partial charge < -0.3 is 9.84 Å². The van der Waals surface area contributed by atoms with E-state index in [4.69, 9.17) is 5.11 Å². The zero-order valence-electron chi connectivity index (χ0n) is 5.34. The first kappa shape index (κ1) is 6.13. The van der Waals surface area contributed by atoms with Crippen LogP contribution in [-0.2, 0) is 9.53 Å². The van der Waals surface area contributed by atoms with Gasteiger partial charge in [0.2, 0.25) is 5.76 Å². The summed E-state index contributed by atoms with van der Waals surface area (Å²) in [4.78, 5) is 10.4. The van der Waals surface area contributed by atoms with Crippen LogP contribution in [0.25, 0.3) is 0 Å². The van der Waals surface area contributed by atoms with E-state index < -0.39 is 11.6 Å². The van der Waals surface area contributed by atoms with Gasteiger partial charge in [-0.05, 0) is 13.8 Å². The third-order valence-electron chi connectivity index (χ3n) is 1.05. The number of aliphatic hydroxyl groups is 1. The summed E-state index contributed by atoms with van der Waals surface area (Å²) in [7, 11) is 0. The number of carbonyl (C=O) groups excluding carboxylic acids is 1. The maximum atomic E-state index is 10.4. The molecule has 0 bridgehead atoms. The summed E-state index contributed by atoms with van der Waals surface area (Å²) in [6.07, 6.45) is 1.38. The number of carbonyl (C=O) groups is 1. The summed E-state index contributed by atoms with van der Waals surface area (Å²) >= 11 is 0. The minimum Gasteiger partial charge on any atom is -0.502 e. The van der Waals surface area contributed by atoms with Gasteiger partial charge in [0, 0.05) is 6.08 Å². The second-order valence-corrected chi connectivity index (χ2v) is 2.52. The Bertz CT molecular complexity index is 179. The molecule has 0 aromatic rings. The van der Waals surface area contributed by atoms with Gasteiger partial charge in [0.15, 0.2) is 0 Å². The quantitative estimate of drug-likeness (QED) is 0.490. The minimum absolute atomic E-state index is 0.292. The van der Waals surface area contributed by atoms with Crippen LogP contribution < -0.4 is 0 Å². The molecule has 0 radical (unpaired) electrons. The highest BCUT2D eigenvalue weighted by Gasteiger charge is 2.31. The maximum Gasteiger partial charge on any atom is 0.374 e. The van der Waals surface area contributed by atoms with Crippen LogP contribution in [0.3, 0.4) is 0 Å². The molecular formula is C6H8O3. The zero-order valence-corrected chi connectivity index (χ0v) is 5.34. The number of aliphatic hydroxyl groups excluding tert-OH is 1. The fourth-order valence-corrected chi connectivity index (χ4v) is 0.709. The lowest BCUT2D eigenvalue weighted by atomic mass is 10.1. The van der Waals surface area contributed by atoms with Gasteiger partial charge in [-0.15, -0.1) is 0 Å². The smallest absolute Gasteiger partial charge is 0.374 e. The van der Waals surface area contributed by atoms with Gasteiger partial charge in [-0.1, -0.05) is 0 Å². The zero-order chi connectivity index (χ0) is 7.07. The van der Waals surface area contributed by atoms with Crippen molar-refractivity contribution in [1.82, 2.24) is 0 Å². The summed E-state index contributed by atoms with van der Waals surface area (Å²) in [5, 5.41) is 8.72. The summed E-state index contributed by atoms with van der Waals surface area (Å²) in [5.41, 5.74) is -0.624. The molecule has 0 atom stereocenters. The first-order valence-electron chi connectivity index (χ1n) is 2.66. The number of rotatable bonds is 0. The maximum absolute atomic E-state index is 10.4. The van der Waals surface area contributed by atoms with Gasteiger partial charge in [-0.2, -0.15) is 0 Å². The highest BCUT2D eigenvalue weighted by Crippen LogP contribution is 2.21. The Morgan fingerprint density at radius 1 is 1.67 bits per heavy atom. The molecule has 1 aliphatic rings. The largest absolute Gasteiger partial charge is 0.502 e. The molecule has 0 aliphatic carbocycles. The van der Waals surface area contributed by atoms with Crippen LogP contribution in [-0.4, -0.2) is 16.7 Å². The number of hydrogen-bond acceptors (Lipinski definition) is 3. The molecular weight excluding hydrogens is 120 g/mol. The molecule has 0 spiro atoms. The SMILES string of the molecule is CC1(C)C=C(O)C(=O)O1. The topological polar surface area (TPSA) is 46.5 Å². The molecule has 0 aromatic carbocycles. The second-order valence-electron chi connectivity index (χ2n) is 2.52.